The summed E-state index contributed by atoms with van der Waals surface area (Å²) < 4.78 is 5.93. The summed E-state index contributed by atoms with van der Waals surface area (Å²) in [7, 11) is 0. The molecule has 174 valence electrons. The lowest BCUT2D eigenvalue weighted by Gasteiger charge is -2.30. The van der Waals surface area contributed by atoms with Gasteiger partial charge >= 0.3 is 0 Å². The number of benzene rings is 2. The molecule has 2 aromatic rings. The zero-order valence-corrected chi connectivity index (χ0v) is 21.1. The van der Waals surface area contributed by atoms with E-state index in [1.807, 2.05) is 38.1 Å². The third-order valence-electron chi connectivity index (χ3n) is 5.03. The van der Waals surface area contributed by atoms with Gasteiger partial charge in [-0.3, -0.25) is 9.59 Å². The van der Waals surface area contributed by atoms with Crippen LogP contribution in [0.4, 0.5) is 0 Å². The first kappa shape index (κ1) is 26.0. The molecule has 7 heteroatoms. The van der Waals surface area contributed by atoms with Gasteiger partial charge in [-0.25, -0.2) is 0 Å². The summed E-state index contributed by atoms with van der Waals surface area (Å²) in [5.74, 6) is 0.0473. The zero-order chi connectivity index (χ0) is 24.1. The summed E-state index contributed by atoms with van der Waals surface area (Å²) in [6.07, 6.45) is 0. The van der Waals surface area contributed by atoms with Crippen molar-refractivity contribution in [2.75, 3.05) is 6.61 Å². The van der Waals surface area contributed by atoms with Crippen molar-refractivity contribution in [3.63, 3.8) is 0 Å². The van der Waals surface area contributed by atoms with Crippen molar-refractivity contribution in [1.29, 1.82) is 0 Å². The summed E-state index contributed by atoms with van der Waals surface area (Å²) in [5, 5.41) is 3.73. The van der Waals surface area contributed by atoms with Crippen molar-refractivity contribution < 1.29 is 14.3 Å². The van der Waals surface area contributed by atoms with Crippen molar-refractivity contribution in [2.45, 2.75) is 65.6 Å². The Balaban J connectivity index is 2.29. The molecule has 2 amide bonds. The third kappa shape index (κ3) is 6.88. The Hall–Kier alpha value is -2.24. The summed E-state index contributed by atoms with van der Waals surface area (Å²) in [6.45, 7) is 11.6. The Bertz CT molecular complexity index is 934. The Morgan fingerprint density at radius 1 is 1.00 bits per heavy atom. The number of hydrogen-bond acceptors (Lipinski definition) is 3. The topological polar surface area (TPSA) is 58.6 Å². The van der Waals surface area contributed by atoms with Gasteiger partial charge in [0.25, 0.3) is 5.91 Å². The minimum Gasteiger partial charge on any atom is -0.483 e. The molecule has 0 unspecified atom stereocenters. The first-order valence-electron chi connectivity index (χ1n) is 10.7. The second kappa shape index (κ2) is 11.1. The number of hydrogen-bond donors (Lipinski definition) is 1. The number of rotatable bonds is 8. The monoisotopic (exact) mass is 478 g/mol. The Labute approximate surface area is 201 Å². The lowest BCUT2D eigenvalue weighted by Crippen LogP contribution is -2.50. The molecule has 5 nitrogen and oxygen atoms in total. The van der Waals surface area contributed by atoms with E-state index >= 15 is 0 Å². The van der Waals surface area contributed by atoms with Crippen molar-refractivity contribution >= 4 is 35.0 Å². The molecular formula is C25H32Cl2N2O3. The van der Waals surface area contributed by atoms with Crippen LogP contribution in [0.3, 0.4) is 0 Å². The van der Waals surface area contributed by atoms with Crippen LogP contribution < -0.4 is 10.1 Å². The fraction of sp³-hybridized carbons (Fsp3) is 0.440. The number of ether oxygens (including phenoxy) is 1. The molecule has 0 fully saturated rings. The molecule has 0 aliphatic heterocycles. The van der Waals surface area contributed by atoms with E-state index in [1.54, 1.807) is 25.1 Å². The standard InChI is InChI=1S/C25H32Cl2N2O3/c1-16(2)28-24(31)17(3)29(14-18-20(26)11-9-12-21(18)27)23(30)15-32-22-13-8-7-10-19(22)25(4,5)6/h7-13,16-17H,14-15H2,1-6H3,(H,28,31)/t17-/m1/s1. The summed E-state index contributed by atoms with van der Waals surface area (Å²) in [6, 6.07) is 12.0. The van der Waals surface area contributed by atoms with E-state index in [0.717, 1.165) is 5.56 Å². The molecule has 0 saturated carbocycles. The van der Waals surface area contributed by atoms with Crippen molar-refractivity contribution in [2.24, 2.45) is 0 Å². The van der Waals surface area contributed by atoms with E-state index in [2.05, 4.69) is 26.1 Å². The molecule has 32 heavy (non-hydrogen) atoms. The van der Waals surface area contributed by atoms with Gasteiger partial charge in [0.1, 0.15) is 11.8 Å². The zero-order valence-electron chi connectivity index (χ0n) is 19.5. The van der Waals surface area contributed by atoms with Crippen LogP contribution in [0.15, 0.2) is 42.5 Å². The Kier molecular flexibility index (Phi) is 8.99. The van der Waals surface area contributed by atoms with Crippen molar-refractivity contribution in [1.82, 2.24) is 10.2 Å². The predicted molar refractivity (Wildman–Crippen MR) is 130 cm³/mol. The highest BCUT2D eigenvalue weighted by molar-refractivity contribution is 6.36. The molecule has 0 aromatic heterocycles. The van der Waals surface area contributed by atoms with Crippen LogP contribution in [0, 0.1) is 0 Å². The second-order valence-electron chi connectivity index (χ2n) is 9.10. The third-order valence-corrected chi connectivity index (χ3v) is 5.74. The van der Waals surface area contributed by atoms with Gasteiger partial charge in [-0.1, -0.05) is 68.2 Å². The molecule has 2 aromatic carbocycles. The van der Waals surface area contributed by atoms with Crippen molar-refractivity contribution in [3.8, 4) is 5.75 Å². The van der Waals surface area contributed by atoms with Gasteiger partial charge < -0.3 is 15.0 Å². The Morgan fingerprint density at radius 2 is 1.59 bits per heavy atom. The number of nitrogens with one attached hydrogen (secondary N) is 1. The molecule has 0 saturated heterocycles. The van der Waals surface area contributed by atoms with E-state index < -0.39 is 6.04 Å². The number of para-hydroxylation sites is 1. The van der Waals surface area contributed by atoms with E-state index in [0.29, 0.717) is 21.4 Å². The van der Waals surface area contributed by atoms with Crippen LogP contribution in [0.1, 0.15) is 52.7 Å². The van der Waals surface area contributed by atoms with E-state index in [1.165, 1.54) is 4.90 Å². The smallest absolute Gasteiger partial charge is 0.261 e. The first-order valence-corrected chi connectivity index (χ1v) is 11.4. The van der Waals surface area contributed by atoms with Crippen molar-refractivity contribution in [3.05, 3.63) is 63.6 Å². The molecule has 0 aliphatic carbocycles. The van der Waals surface area contributed by atoms with Gasteiger partial charge in [0.2, 0.25) is 5.91 Å². The van der Waals surface area contributed by atoms with Crippen LogP contribution >= 0.6 is 23.2 Å². The lowest BCUT2D eigenvalue weighted by atomic mass is 9.86. The molecule has 1 atom stereocenters. The predicted octanol–water partition coefficient (Wildman–Crippen LogP) is 5.61. The molecule has 0 heterocycles. The summed E-state index contributed by atoms with van der Waals surface area (Å²) in [5.41, 5.74) is 1.44. The average molecular weight is 479 g/mol. The quantitative estimate of drug-likeness (QED) is 0.535. The molecular weight excluding hydrogens is 447 g/mol. The number of carbonyl (C=O) groups excluding carboxylic acids is 2. The van der Waals surface area contributed by atoms with E-state index in [-0.39, 0.29) is 36.4 Å². The van der Waals surface area contributed by atoms with Crippen LogP contribution in [-0.4, -0.2) is 35.4 Å². The van der Waals surface area contributed by atoms with Crippen LogP contribution in [0.25, 0.3) is 0 Å². The number of carbonyl (C=O) groups is 2. The Morgan fingerprint density at radius 3 is 2.16 bits per heavy atom. The minimum absolute atomic E-state index is 0.0549. The molecule has 0 radical (unpaired) electrons. The van der Waals surface area contributed by atoms with E-state index in [9.17, 15) is 9.59 Å². The van der Waals surface area contributed by atoms with Gasteiger partial charge in [-0.05, 0) is 49.9 Å². The van der Waals surface area contributed by atoms with Gasteiger partial charge in [-0.2, -0.15) is 0 Å². The number of amides is 2. The maximum Gasteiger partial charge on any atom is 0.261 e. The highest BCUT2D eigenvalue weighted by Gasteiger charge is 2.28. The van der Waals surface area contributed by atoms with Gasteiger partial charge in [0.15, 0.2) is 6.61 Å². The molecule has 0 aliphatic rings. The average Bonchev–Trinajstić information content (AvgIpc) is 2.70. The van der Waals surface area contributed by atoms with Gasteiger partial charge in [0.05, 0.1) is 0 Å². The first-order chi connectivity index (χ1) is 14.9. The minimum atomic E-state index is -0.737. The van der Waals surface area contributed by atoms with E-state index in [4.69, 9.17) is 27.9 Å². The fourth-order valence-corrected chi connectivity index (χ4v) is 3.79. The van der Waals surface area contributed by atoms with Gasteiger partial charge in [-0.15, -0.1) is 0 Å². The van der Waals surface area contributed by atoms with Crippen LogP contribution in [-0.2, 0) is 21.5 Å². The highest BCUT2D eigenvalue weighted by Crippen LogP contribution is 2.31. The second-order valence-corrected chi connectivity index (χ2v) is 9.91. The maximum atomic E-state index is 13.3. The normalized spacial score (nSPS) is 12.4. The van der Waals surface area contributed by atoms with Crippen LogP contribution in [0.2, 0.25) is 10.0 Å². The largest absolute Gasteiger partial charge is 0.483 e. The number of nitrogens with zero attached hydrogens (tertiary/aromatic N) is 1. The molecule has 0 spiro atoms. The fourth-order valence-electron chi connectivity index (χ4n) is 3.28. The summed E-state index contributed by atoms with van der Waals surface area (Å²) in [4.78, 5) is 27.4. The van der Waals surface area contributed by atoms with Gasteiger partial charge in [0, 0.05) is 28.2 Å². The lowest BCUT2D eigenvalue weighted by molar-refractivity contribution is -0.142. The van der Waals surface area contributed by atoms with Crippen LogP contribution in [0.5, 0.6) is 5.75 Å². The summed E-state index contributed by atoms with van der Waals surface area (Å²) >= 11 is 12.7. The molecule has 0 bridgehead atoms. The highest BCUT2D eigenvalue weighted by atomic mass is 35.5. The number of halogens is 2. The molecule has 2 rings (SSSR count). The molecule has 1 N–H and O–H groups in total. The SMILES string of the molecule is CC(C)NC(=O)[C@@H](C)N(Cc1c(Cl)cccc1Cl)C(=O)COc1ccccc1C(C)(C)C. The maximum absolute atomic E-state index is 13.3.